The van der Waals surface area contributed by atoms with Crippen LogP contribution >= 0.6 is 0 Å². The zero-order chi connectivity index (χ0) is 30.5. The number of aromatic nitrogens is 1. The number of rotatable bonds is 7. The number of benzene rings is 5. The minimum Gasteiger partial charge on any atom is -0.454 e. The second-order valence-corrected chi connectivity index (χ2v) is 12.1. The molecule has 0 atom stereocenters. The Hall–Kier alpha value is -4.86. The van der Waals surface area contributed by atoms with Gasteiger partial charge in [0.2, 0.25) is 6.79 Å². The summed E-state index contributed by atoms with van der Waals surface area (Å²) >= 11 is 0. The van der Waals surface area contributed by atoms with E-state index in [1.165, 1.54) is 5.56 Å². The molecule has 6 aromatic rings. The number of fused-ring (bicyclic) bond motifs is 6. The lowest BCUT2D eigenvalue weighted by Crippen LogP contribution is -2.46. The Balaban J connectivity index is 1.01. The van der Waals surface area contributed by atoms with E-state index >= 15 is 0 Å². The number of piperazine rings is 1. The van der Waals surface area contributed by atoms with Crippen LogP contribution in [-0.4, -0.2) is 60.8 Å². The summed E-state index contributed by atoms with van der Waals surface area (Å²) in [5.74, 6) is 1.65. The fraction of sp³-hybridized carbons (Fsp3) is 0.278. The highest BCUT2D eigenvalue weighted by atomic mass is 16.7. The summed E-state index contributed by atoms with van der Waals surface area (Å²) in [7, 11) is 0. The van der Waals surface area contributed by atoms with E-state index in [4.69, 9.17) is 13.9 Å². The lowest BCUT2D eigenvalue weighted by Gasteiger charge is -2.34. The van der Waals surface area contributed by atoms with Crippen LogP contribution in [0.15, 0.2) is 80.7 Å². The van der Waals surface area contributed by atoms with Gasteiger partial charge in [-0.1, -0.05) is 36.4 Å². The van der Waals surface area contributed by atoms with Crippen LogP contribution in [0.2, 0.25) is 0 Å². The van der Waals surface area contributed by atoms with Crippen molar-refractivity contribution in [3.63, 3.8) is 0 Å². The molecule has 228 valence electrons. The van der Waals surface area contributed by atoms with Crippen LogP contribution in [-0.2, 0) is 6.54 Å². The Labute approximate surface area is 258 Å². The van der Waals surface area contributed by atoms with Gasteiger partial charge in [-0.15, -0.1) is 0 Å². The minimum atomic E-state index is -0.176. The summed E-state index contributed by atoms with van der Waals surface area (Å²) in [4.78, 5) is 36.1. The molecule has 45 heavy (non-hydrogen) atoms. The molecule has 1 saturated heterocycles. The molecule has 2 aliphatic heterocycles. The second-order valence-electron chi connectivity index (χ2n) is 12.1. The molecule has 1 aromatic heterocycles. The summed E-state index contributed by atoms with van der Waals surface area (Å²) in [6.07, 6.45) is 0.897. The number of aromatic amines is 1. The topological polar surface area (TPSA) is 100 Å². The van der Waals surface area contributed by atoms with Crippen molar-refractivity contribution < 1.29 is 13.9 Å². The van der Waals surface area contributed by atoms with E-state index in [0.29, 0.717) is 57.3 Å². The molecule has 9 heteroatoms. The number of hydrogen-bond donors (Lipinski definition) is 2. The van der Waals surface area contributed by atoms with Crippen molar-refractivity contribution in [2.45, 2.75) is 19.9 Å². The maximum absolute atomic E-state index is 13.9. The minimum absolute atomic E-state index is 0.152. The molecule has 5 aromatic carbocycles. The van der Waals surface area contributed by atoms with Crippen molar-refractivity contribution in [2.24, 2.45) is 0 Å². The first kappa shape index (κ1) is 27.7. The van der Waals surface area contributed by atoms with Crippen molar-refractivity contribution >= 4 is 49.4 Å². The zero-order valence-corrected chi connectivity index (χ0v) is 25.2. The molecule has 0 saturated carbocycles. The van der Waals surface area contributed by atoms with Crippen LogP contribution in [0.3, 0.4) is 0 Å². The number of nitrogens with one attached hydrogen (secondary N) is 2. The Kier molecular flexibility index (Phi) is 6.92. The van der Waals surface area contributed by atoms with Gasteiger partial charge in [0, 0.05) is 61.8 Å². The highest BCUT2D eigenvalue weighted by molar-refractivity contribution is 6.14. The van der Waals surface area contributed by atoms with Crippen molar-refractivity contribution in [1.29, 1.82) is 0 Å². The van der Waals surface area contributed by atoms with Crippen LogP contribution < -0.4 is 25.6 Å². The molecule has 0 radical (unpaired) electrons. The molecule has 9 nitrogen and oxygen atoms in total. The molecule has 2 aliphatic rings. The number of anilines is 1. The predicted octanol–water partition coefficient (Wildman–Crippen LogP) is 5.60. The molecular formula is C36H34N4O5. The second kappa shape index (κ2) is 11.3. The first-order valence-electron chi connectivity index (χ1n) is 15.5. The van der Waals surface area contributed by atoms with E-state index in [1.807, 2.05) is 37.3 Å². The van der Waals surface area contributed by atoms with E-state index in [1.54, 1.807) is 24.3 Å². The highest BCUT2D eigenvalue weighted by Crippen LogP contribution is 2.33. The van der Waals surface area contributed by atoms with Crippen LogP contribution in [0.1, 0.15) is 17.5 Å². The van der Waals surface area contributed by atoms with E-state index in [2.05, 4.69) is 32.2 Å². The number of ether oxygens (including phenoxy) is 2. The standard InChI is InChI=1S/C36H34N4O5/c1-22-7-9-26-29(17-22)45-31-19-27(32-33(34(31)38-26)36(42)25-6-3-2-5-24(25)35(32)41)37-11-4-12-39-13-15-40(16-14-39)20-23-8-10-28-30(18-23)44-21-43-28/h2-3,5-10,17-19,37-38H,4,11-16,20-21H2,1H3. The first-order chi connectivity index (χ1) is 22.0. The van der Waals surface area contributed by atoms with Gasteiger partial charge in [0.15, 0.2) is 33.5 Å². The van der Waals surface area contributed by atoms with Crippen LogP contribution in [0.5, 0.6) is 11.5 Å². The van der Waals surface area contributed by atoms with Gasteiger partial charge < -0.3 is 29.1 Å². The van der Waals surface area contributed by atoms with Gasteiger partial charge in [-0.05, 0) is 55.3 Å². The summed E-state index contributed by atoms with van der Waals surface area (Å²) in [6, 6.07) is 21.0. The van der Waals surface area contributed by atoms with Crippen molar-refractivity contribution in [3.05, 3.63) is 98.3 Å². The lowest BCUT2D eigenvalue weighted by atomic mass is 9.99. The van der Waals surface area contributed by atoms with Gasteiger partial charge >= 0.3 is 0 Å². The van der Waals surface area contributed by atoms with E-state index in [0.717, 1.165) is 68.3 Å². The van der Waals surface area contributed by atoms with Crippen molar-refractivity contribution in [2.75, 3.05) is 51.4 Å². The normalized spacial score (nSPS) is 15.5. The summed E-state index contributed by atoms with van der Waals surface area (Å²) in [6.45, 7) is 8.81. The third kappa shape index (κ3) is 5.08. The van der Waals surface area contributed by atoms with Gasteiger partial charge in [0.1, 0.15) is 0 Å². The number of aryl methyl sites for hydroxylation is 1. The van der Waals surface area contributed by atoms with Crippen LogP contribution in [0.4, 0.5) is 5.69 Å². The summed E-state index contributed by atoms with van der Waals surface area (Å²) in [5.41, 5.74) is 5.15. The SMILES string of the molecule is Cc1ccc2[nH]c3c(cc(NCCCN4CCN(Cc5ccc6c(c5)OCO6)CC4)c4c(=O)c5ccccc5c(=O)c43)oc2c1. The third-order valence-electron chi connectivity index (χ3n) is 9.05. The number of hydrogen-bond acceptors (Lipinski definition) is 8. The Morgan fingerprint density at radius 1 is 0.800 bits per heavy atom. The van der Waals surface area contributed by atoms with Crippen LogP contribution in [0.25, 0.3) is 43.7 Å². The third-order valence-corrected chi connectivity index (χ3v) is 9.05. The molecule has 2 N–H and O–H groups in total. The summed E-state index contributed by atoms with van der Waals surface area (Å²) < 4.78 is 17.3. The van der Waals surface area contributed by atoms with Gasteiger partial charge in [-0.3, -0.25) is 14.5 Å². The first-order valence-corrected chi connectivity index (χ1v) is 15.5. The molecule has 0 amide bonds. The molecule has 0 aliphatic carbocycles. The van der Waals surface area contributed by atoms with Crippen molar-refractivity contribution in [1.82, 2.24) is 14.8 Å². The Morgan fingerprint density at radius 2 is 1.56 bits per heavy atom. The fourth-order valence-electron chi connectivity index (χ4n) is 6.68. The van der Waals surface area contributed by atoms with Gasteiger partial charge in [0.25, 0.3) is 0 Å². The monoisotopic (exact) mass is 602 g/mol. The number of H-pyrrole nitrogens is 1. The molecular weight excluding hydrogens is 568 g/mol. The average Bonchev–Trinajstić information content (AvgIpc) is 3.53. The van der Waals surface area contributed by atoms with Gasteiger partial charge in [-0.25, -0.2) is 0 Å². The van der Waals surface area contributed by atoms with Crippen LogP contribution in [0, 0.1) is 6.92 Å². The smallest absolute Gasteiger partial charge is 0.231 e. The van der Waals surface area contributed by atoms with Gasteiger partial charge in [-0.2, -0.15) is 0 Å². The molecule has 0 spiro atoms. The highest BCUT2D eigenvalue weighted by Gasteiger charge is 2.21. The molecule has 1 fully saturated rings. The predicted molar refractivity (Wildman–Crippen MR) is 178 cm³/mol. The zero-order valence-electron chi connectivity index (χ0n) is 25.2. The maximum atomic E-state index is 13.9. The quantitative estimate of drug-likeness (QED) is 0.139. The Morgan fingerprint density at radius 3 is 2.38 bits per heavy atom. The van der Waals surface area contributed by atoms with E-state index in [-0.39, 0.29) is 10.9 Å². The molecule has 8 rings (SSSR count). The lowest BCUT2D eigenvalue weighted by molar-refractivity contribution is 0.127. The Bertz CT molecular complexity index is 2210. The molecule has 0 unspecified atom stereocenters. The summed E-state index contributed by atoms with van der Waals surface area (Å²) in [5, 5.41) is 5.12. The van der Waals surface area contributed by atoms with Gasteiger partial charge in [0.05, 0.1) is 21.8 Å². The fourth-order valence-corrected chi connectivity index (χ4v) is 6.68. The van der Waals surface area contributed by atoms with Crippen molar-refractivity contribution in [3.8, 4) is 11.5 Å². The van der Waals surface area contributed by atoms with E-state index < -0.39 is 0 Å². The molecule has 3 heterocycles. The number of nitrogens with zero attached hydrogens (tertiary/aromatic N) is 2. The van der Waals surface area contributed by atoms with E-state index in [9.17, 15) is 9.59 Å². The molecule has 0 bridgehead atoms. The average molecular weight is 603 g/mol. The largest absolute Gasteiger partial charge is 0.454 e. The maximum Gasteiger partial charge on any atom is 0.231 e.